The third-order valence-electron chi connectivity index (χ3n) is 3.93. The third kappa shape index (κ3) is 4.30. The zero-order chi connectivity index (χ0) is 13.5. The number of hydrogen-bond acceptors (Lipinski definition) is 3. The highest BCUT2D eigenvalue weighted by Crippen LogP contribution is 2.16. The Morgan fingerprint density at radius 3 is 2.37 bits per heavy atom. The van der Waals surface area contributed by atoms with Crippen molar-refractivity contribution in [3.05, 3.63) is 35.4 Å². The van der Waals surface area contributed by atoms with Gasteiger partial charge in [0.2, 0.25) is 0 Å². The number of rotatable bonds is 6. The highest BCUT2D eigenvalue weighted by atomic mass is 16.3. The van der Waals surface area contributed by atoms with Crippen LogP contribution in [-0.2, 0) is 13.2 Å². The van der Waals surface area contributed by atoms with E-state index in [2.05, 4.69) is 29.3 Å². The summed E-state index contributed by atoms with van der Waals surface area (Å²) in [5.74, 6) is 0. The van der Waals surface area contributed by atoms with Crippen LogP contribution < -0.4 is 5.32 Å². The predicted molar refractivity (Wildman–Crippen MR) is 79.0 cm³/mol. The van der Waals surface area contributed by atoms with Crippen molar-refractivity contribution in [3.8, 4) is 0 Å². The zero-order valence-electron chi connectivity index (χ0n) is 11.9. The van der Waals surface area contributed by atoms with Crippen LogP contribution in [-0.4, -0.2) is 35.7 Å². The van der Waals surface area contributed by atoms with Crippen molar-refractivity contribution in [2.24, 2.45) is 0 Å². The first-order valence-electron chi connectivity index (χ1n) is 7.47. The van der Waals surface area contributed by atoms with Gasteiger partial charge in [-0.3, -0.25) is 4.90 Å². The minimum absolute atomic E-state index is 0.132. The van der Waals surface area contributed by atoms with Crippen LogP contribution >= 0.6 is 0 Å². The monoisotopic (exact) mass is 262 g/mol. The van der Waals surface area contributed by atoms with E-state index in [0.717, 1.165) is 31.2 Å². The molecule has 1 fully saturated rings. The van der Waals surface area contributed by atoms with Gasteiger partial charge in [-0.2, -0.15) is 0 Å². The molecule has 1 aromatic rings. The Bertz CT molecular complexity index is 358. The number of aliphatic hydroxyl groups is 1. The van der Waals surface area contributed by atoms with Crippen molar-refractivity contribution in [2.45, 2.75) is 45.4 Å². The Labute approximate surface area is 116 Å². The van der Waals surface area contributed by atoms with Gasteiger partial charge in [0.05, 0.1) is 6.61 Å². The molecular formula is C16H26N2O. The lowest BCUT2D eigenvalue weighted by Crippen LogP contribution is -2.43. The molecule has 1 aliphatic rings. The average Bonchev–Trinajstić information content (AvgIpc) is 2.48. The molecule has 0 saturated carbocycles. The molecule has 0 radical (unpaired) electrons. The summed E-state index contributed by atoms with van der Waals surface area (Å²) in [4.78, 5) is 2.62. The van der Waals surface area contributed by atoms with E-state index < -0.39 is 0 Å². The van der Waals surface area contributed by atoms with Crippen LogP contribution in [0.4, 0.5) is 0 Å². The minimum atomic E-state index is 0.132. The molecular weight excluding hydrogens is 236 g/mol. The lowest BCUT2D eigenvalue weighted by molar-refractivity contribution is 0.154. The molecule has 19 heavy (non-hydrogen) atoms. The minimum Gasteiger partial charge on any atom is -0.392 e. The standard InChI is InChI=1S/C16H26N2O/c1-2-11-18(16-7-9-17-10-8-16)12-14-3-5-15(13-19)6-4-14/h3-6,16-17,19H,2,7-13H2,1H3. The maximum absolute atomic E-state index is 9.08. The Morgan fingerprint density at radius 1 is 1.16 bits per heavy atom. The molecule has 0 aliphatic carbocycles. The fraction of sp³-hybridized carbons (Fsp3) is 0.625. The SMILES string of the molecule is CCCN(Cc1ccc(CO)cc1)C1CCNCC1. The fourth-order valence-electron chi connectivity index (χ4n) is 2.83. The van der Waals surface area contributed by atoms with Gasteiger partial charge in [0.15, 0.2) is 0 Å². The van der Waals surface area contributed by atoms with Crippen molar-refractivity contribution in [2.75, 3.05) is 19.6 Å². The Morgan fingerprint density at radius 2 is 1.79 bits per heavy atom. The molecule has 0 atom stereocenters. The molecule has 0 bridgehead atoms. The summed E-state index contributed by atoms with van der Waals surface area (Å²) < 4.78 is 0. The van der Waals surface area contributed by atoms with Crippen molar-refractivity contribution >= 4 is 0 Å². The van der Waals surface area contributed by atoms with Gasteiger partial charge in [-0.25, -0.2) is 0 Å². The van der Waals surface area contributed by atoms with E-state index in [1.165, 1.54) is 31.4 Å². The van der Waals surface area contributed by atoms with E-state index in [-0.39, 0.29) is 6.61 Å². The van der Waals surface area contributed by atoms with Gasteiger partial charge in [0.1, 0.15) is 0 Å². The highest BCUT2D eigenvalue weighted by molar-refractivity contribution is 5.22. The van der Waals surface area contributed by atoms with E-state index >= 15 is 0 Å². The van der Waals surface area contributed by atoms with Gasteiger partial charge < -0.3 is 10.4 Å². The van der Waals surface area contributed by atoms with Crippen molar-refractivity contribution in [1.82, 2.24) is 10.2 Å². The maximum Gasteiger partial charge on any atom is 0.0681 e. The molecule has 1 aromatic carbocycles. The van der Waals surface area contributed by atoms with Crippen LogP contribution in [0.3, 0.4) is 0 Å². The second-order valence-corrected chi connectivity index (χ2v) is 5.43. The van der Waals surface area contributed by atoms with Crippen LogP contribution in [0.25, 0.3) is 0 Å². The molecule has 1 saturated heterocycles. The molecule has 3 heteroatoms. The number of nitrogens with zero attached hydrogens (tertiary/aromatic N) is 1. The number of benzene rings is 1. The normalized spacial score (nSPS) is 17.0. The summed E-state index contributed by atoms with van der Waals surface area (Å²) in [6.45, 7) is 6.88. The van der Waals surface area contributed by atoms with Crippen LogP contribution in [0, 0.1) is 0 Å². The molecule has 1 heterocycles. The molecule has 1 aliphatic heterocycles. The largest absolute Gasteiger partial charge is 0.392 e. The quantitative estimate of drug-likeness (QED) is 0.824. The Hall–Kier alpha value is -0.900. The Balaban J connectivity index is 1.97. The molecule has 2 N–H and O–H groups in total. The van der Waals surface area contributed by atoms with Gasteiger partial charge in [-0.05, 0) is 50.0 Å². The van der Waals surface area contributed by atoms with Crippen molar-refractivity contribution in [3.63, 3.8) is 0 Å². The molecule has 3 nitrogen and oxygen atoms in total. The molecule has 0 amide bonds. The van der Waals surface area contributed by atoms with Gasteiger partial charge in [0.25, 0.3) is 0 Å². The highest BCUT2D eigenvalue weighted by Gasteiger charge is 2.20. The van der Waals surface area contributed by atoms with Crippen LogP contribution in [0.2, 0.25) is 0 Å². The number of nitrogens with one attached hydrogen (secondary N) is 1. The van der Waals surface area contributed by atoms with Crippen LogP contribution in [0.1, 0.15) is 37.3 Å². The first-order chi connectivity index (χ1) is 9.33. The summed E-state index contributed by atoms with van der Waals surface area (Å²) >= 11 is 0. The predicted octanol–water partition coefficient (Wildman–Crippen LogP) is 2.14. The molecule has 106 valence electrons. The molecule has 2 rings (SSSR count). The lowest BCUT2D eigenvalue weighted by atomic mass is 10.0. The van der Waals surface area contributed by atoms with E-state index in [0.29, 0.717) is 0 Å². The molecule has 0 spiro atoms. The van der Waals surface area contributed by atoms with Crippen LogP contribution in [0.15, 0.2) is 24.3 Å². The van der Waals surface area contributed by atoms with E-state index in [1.807, 2.05) is 12.1 Å². The first kappa shape index (κ1) is 14.5. The van der Waals surface area contributed by atoms with Gasteiger partial charge in [-0.15, -0.1) is 0 Å². The summed E-state index contributed by atoms with van der Waals surface area (Å²) in [5.41, 5.74) is 2.34. The van der Waals surface area contributed by atoms with Gasteiger partial charge in [0, 0.05) is 12.6 Å². The van der Waals surface area contributed by atoms with E-state index in [1.54, 1.807) is 0 Å². The lowest BCUT2D eigenvalue weighted by Gasteiger charge is -2.34. The van der Waals surface area contributed by atoms with Gasteiger partial charge >= 0.3 is 0 Å². The fourth-order valence-corrected chi connectivity index (χ4v) is 2.83. The molecule has 0 aromatic heterocycles. The summed E-state index contributed by atoms with van der Waals surface area (Å²) in [5, 5.41) is 12.5. The third-order valence-corrected chi connectivity index (χ3v) is 3.93. The average molecular weight is 262 g/mol. The topological polar surface area (TPSA) is 35.5 Å². The van der Waals surface area contributed by atoms with Crippen molar-refractivity contribution < 1.29 is 5.11 Å². The van der Waals surface area contributed by atoms with E-state index in [9.17, 15) is 0 Å². The number of piperidine rings is 1. The summed E-state index contributed by atoms with van der Waals surface area (Å²) in [7, 11) is 0. The molecule has 0 unspecified atom stereocenters. The number of aliphatic hydroxyl groups excluding tert-OH is 1. The smallest absolute Gasteiger partial charge is 0.0681 e. The van der Waals surface area contributed by atoms with E-state index in [4.69, 9.17) is 5.11 Å². The zero-order valence-corrected chi connectivity index (χ0v) is 11.9. The second-order valence-electron chi connectivity index (χ2n) is 5.43. The maximum atomic E-state index is 9.08. The summed E-state index contributed by atoms with van der Waals surface area (Å²) in [6, 6.07) is 9.08. The number of hydrogen-bond donors (Lipinski definition) is 2. The van der Waals surface area contributed by atoms with Gasteiger partial charge in [-0.1, -0.05) is 31.2 Å². The van der Waals surface area contributed by atoms with Crippen molar-refractivity contribution in [1.29, 1.82) is 0 Å². The second kappa shape index (κ2) is 7.63. The van der Waals surface area contributed by atoms with Crippen LogP contribution in [0.5, 0.6) is 0 Å². The summed E-state index contributed by atoms with van der Waals surface area (Å²) in [6.07, 6.45) is 3.72. The Kier molecular flexibility index (Phi) is 5.83. The first-order valence-corrected chi connectivity index (χ1v) is 7.47.